The number of aliphatic carboxylic acids is 1. The van der Waals surface area contributed by atoms with Gasteiger partial charge in [0.1, 0.15) is 6.04 Å². The number of carboxylic acid groups (broad SMARTS) is 1. The Kier molecular flexibility index (Phi) is 6.16. The molecule has 110 valence electrons. The third kappa shape index (κ3) is 5.00. The number of hydrogen-bond acceptors (Lipinski definition) is 6. The number of hydrogen-bond donors (Lipinski definition) is 3. The molecule has 1 atom stereocenters. The standard InChI is InChI=1S/C11H17N5O3S/c1-6-7(2)15-16-10(12-6)14-11(19)13-8(9(17)18)4-5-20-3/h8H,4-5H2,1-3H3,(H,17,18)(H2,12,13,14,16,19). The molecular weight excluding hydrogens is 282 g/mol. The summed E-state index contributed by atoms with van der Waals surface area (Å²) in [6, 6.07) is -1.61. The van der Waals surface area contributed by atoms with Gasteiger partial charge in [0.25, 0.3) is 5.95 Å². The molecule has 1 heterocycles. The second-order valence-corrected chi connectivity index (χ2v) is 5.06. The van der Waals surface area contributed by atoms with E-state index in [1.54, 1.807) is 13.8 Å². The van der Waals surface area contributed by atoms with E-state index in [1.807, 2.05) is 6.26 Å². The minimum atomic E-state index is -1.08. The summed E-state index contributed by atoms with van der Waals surface area (Å²) in [5.74, 6) is -0.396. The number of nitrogens with one attached hydrogen (secondary N) is 2. The van der Waals surface area contributed by atoms with Gasteiger partial charge in [-0.3, -0.25) is 5.32 Å². The van der Waals surface area contributed by atoms with Crippen LogP contribution in [0, 0.1) is 13.8 Å². The van der Waals surface area contributed by atoms with Crippen LogP contribution >= 0.6 is 11.8 Å². The van der Waals surface area contributed by atoms with Gasteiger partial charge in [0.2, 0.25) is 0 Å². The van der Waals surface area contributed by atoms with Crippen LogP contribution in [0.1, 0.15) is 17.8 Å². The molecule has 1 rings (SSSR count). The molecule has 0 fully saturated rings. The maximum atomic E-state index is 11.7. The van der Waals surface area contributed by atoms with Crippen molar-refractivity contribution in [2.45, 2.75) is 26.3 Å². The van der Waals surface area contributed by atoms with Crippen LogP contribution in [0.5, 0.6) is 0 Å². The molecule has 0 bridgehead atoms. The Balaban J connectivity index is 2.60. The fraction of sp³-hybridized carbons (Fsp3) is 0.545. The fourth-order valence-electron chi connectivity index (χ4n) is 1.30. The Morgan fingerprint density at radius 1 is 1.30 bits per heavy atom. The molecule has 3 N–H and O–H groups in total. The summed E-state index contributed by atoms with van der Waals surface area (Å²) in [7, 11) is 0. The molecule has 9 heteroatoms. The highest BCUT2D eigenvalue weighted by Gasteiger charge is 2.19. The number of carbonyl (C=O) groups is 2. The summed E-state index contributed by atoms with van der Waals surface area (Å²) in [6.07, 6.45) is 2.21. The van der Waals surface area contributed by atoms with Crippen molar-refractivity contribution in [2.24, 2.45) is 0 Å². The first-order chi connectivity index (χ1) is 9.43. The van der Waals surface area contributed by atoms with E-state index < -0.39 is 18.0 Å². The molecule has 0 aliphatic heterocycles. The van der Waals surface area contributed by atoms with Crippen LogP contribution in [0.25, 0.3) is 0 Å². The highest BCUT2D eigenvalue weighted by molar-refractivity contribution is 7.98. The quantitative estimate of drug-likeness (QED) is 0.711. The zero-order valence-corrected chi connectivity index (χ0v) is 12.3. The number of carbonyl (C=O) groups excluding carboxylic acids is 1. The number of nitrogens with zero attached hydrogens (tertiary/aromatic N) is 3. The lowest BCUT2D eigenvalue weighted by molar-refractivity contribution is -0.139. The van der Waals surface area contributed by atoms with Crippen molar-refractivity contribution in [3.63, 3.8) is 0 Å². The molecule has 1 aromatic rings. The molecule has 0 saturated carbocycles. The molecule has 2 amide bonds. The molecule has 0 aliphatic carbocycles. The van der Waals surface area contributed by atoms with Crippen molar-refractivity contribution in [3.8, 4) is 0 Å². The Bertz CT molecular complexity index is 497. The topological polar surface area (TPSA) is 117 Å². The maximum Gasteiger partial charge on any atom is 0.326 e. The lowest BCUT2D eigenvalue weighted by Gasteiger charge is -2.14. The third-order valence-electron chi connectivity index (χ3n) is 2.53. The maximum absolute atomic E-state index is 11.7. The van der Waals surface area contributed by atoms with Crippen molar-refractivity contribution in [1.82, 2.24) is 20.5 Å². The Morgan fingerprint density at radius 3 is 2.55 bits per heavy atom. The van der Waals surface area contributed by atoms with Gasteiger partial charge in [0.15, 0.2) is 0 Å². The number of thioether (sulfide) groups is 1. The number of rotatable bonds is 6. The van der Waals surface area contributed by atoms with Gasteiger partial charge in [0, 0.05) is 0 Å². The summed E-state index contributed by atoms with van der Waals surface area (Å²) in [4.78, 5) is 26.7. The van der Waals surface area contributed by atoms with Gasteiger partial charge in [-0.1, -0.05) is 0 Å². The minimum Gasteiger partial charge on any atom is -0.480 e. The predicted molar refractivity (Wildman–Crippen MR) is 75.9 cm³/mol. The minimum absolute atomic E-state index is 0.0413. The third-order valence-corrected chi connectivity index (χ3v) is 3.18. The molecule has 1 unspecified atom stereocenters. The Hall–Kier alpha value is -1.90. The first-order valence-electron chi connectivity index (χ1n) is 5.91. The summed E-state index contributed by atoms with van der Waals surface area (Å²) in [5, 5.41) is 21.3. The molecule has 0 spiro atoms. The lowest BCUT2D eigenvalue weighted by Crippen LogP contribution is -2.43. The molecule has 0 aromatic carbocycles. The summed E-state index contributed by atoms with van der Waals surface area (Å²) in [6.45, 7) is 3.49. The smallest absolute Gasteiger partial charge is 0.326 e. The van der Waals surface area contributed by atoms with Gasteiger partial charge in [-0.15, -0.1) is 5.10 Å². The van der Waals surface area contributed by atoms with Crippen LogP contribution in [0.2, 0.25) is 0 Å². The molecule has 0 aliphatic rings. The molecule has 20 heavy (non-hydrogen) atoms. The predicted octanol–water partition coefficient (Wildman–Crippen LogP) is 0.816. The van der Waals surface area contributed by atoms with Gasteiger partial charge >= 0.3 is 12.0 Å². The van der Waals surface area contributed by atoms with E-state index in [4.69, 9.17) is 5.11 Å². The van der Waals surface area contributed by atoms with Crippen molar-refractivity contribution in [3.05, 3.63) is 11.4 Å². The van der Waals surface area contributed by atoms with Gasteiger partial charge in [0.05, 0.1) is 11.4 Å². The second-order valence-electron chi connectivity index (χ2n) is 4.08. The number of urea groups is 1. The largest absolute Gasteiger partial charge is 0.480 e. The Morgan fingerprint density at radius 2 is 2.00 bits per heavy atom. The zero-order valence-electron chi connectivity index (χ0n) is 11.5. The van der Waals surface area contributed by atoms with Crippen molar-refractivity contribution in [1.29, 1.82) is 0 Å². The second kappa shape index (κ2) is 7.63. The van der Waals surface area contributed by atoms with Crippen LogP contribution in [0.15, 0.2) is 0 Å². The first-order valence-corrected chi connectivity index (χ1v) is 7.30. The zero-order chi connectivity index (χ0) is 15.1. The summed E-state index contributed by atoms with van der Waals surface area (Å²) in [5.41, 5.74) is 1.31. The van der Waals surface area contributed by atoms with Gasteiger partial charge < -0.3 is 10.4 Å². The fourth-order valence-corrected chi connectivity index (χ4v) is 1.77. The number of anilines is 1. The van der Waals surface area contributed by atoms with Crippen LogP contribution in [-0.2, 0) is 4.79 Å². The van der Waals surface area contributed by atoms with Crippen LogP contribution in [-0.4, -0.2) is 50.3 Å². The van der Waals surface area contributed by atoms with E-state index in [0.717, 1.165) is 0 Å². The van der Waals surface area contributed by atoms with Gasteiger partial charge in [-0.05, 0) is 32.3 Å². The number of carboxylic acids is 1. The first kappa shape index (κ1) is 16.2. The summed E-state index contributed by atoms with van der Waals surface area (Å²) >= 11 is 1.51. The van der Waals surface area contributed by atoms with Gasteiger partial charge in [-0.2, -0.15) is 16.9 Å². The monoisotopic (exact) mass is 299 g/mol. The highest BCUT2D eigenvalue weighted by atomic mass is 32.2. The molecular formula is C11H17N5O3S. The van der Waals surface area contributed by atoms with E-state index >= 15 is 0 Å². The molecule has 0 saturated heterocycles. The van der Waals surface area contributed by atoms with E-state index in [-0.39, 0.29) is 5.95 Å². The van der Waals surface area contributed by atoms with Gasteiger partial charge in [-0.25, -0.2) is 14.6 Å². The van der Waals surface area contributed by atoms with E-state index in [2.05, 4.69) is 25.8 Å². The van der Waals surface area contributed by atoms with Crippen LogP contribution in [0.3, 0.4) is 0 Å². The molecule has 1 aromatic heterocycles. The van der Waals surface area contributed by atoms with Crippen molar-refractivity contribution >= 4 is 29.7 Å². The van der Waals surface area contributed by atoms with Crippen LogP contribution < -0.4 is 10.6 Å². The average molecular weight is 299 g/mol. The number of aromatic nitrogens is 3. The number of aryl methyl sites for hydroxylation is 2. The van der Waals surface area contributed by atoms with E-state index in [1.165, 1.54) is 11.8 Å². The Labute approximate surface area is 120 Å². The van der Waals surface area contributed by atoms with Crippen LogP contribution in [0.4, 0.5) is 10.7 Å². The average Bonchev–Trinajstić information content (AvgIpc) is 2.38. The lowest BCUT2D eigenvalue weighted by atomic mass is 10.2. The molecule has 8 nitrogen and oxygen atoms in total. The van der Waals surface area contributed by atoms with Crippen molar-refractivity contribution < 1.29 is 14.7 Å². The SMILES string of the molecule is CSCCC(NC(=O)Nc1nnc(C)c(C)n1)C(=O)O. The van der Waals surface area contributed by atoms with Crippen molar-refractivity contribution in [2.75, 3.05) is 17.3 Å². The summed E-state index contributed by atoms with van der Waals surface area (Å²) < 4.78 is 0. The van der Waals surface area contributed by atoms with E-state index in [9.17, 15) is 9.59 Å². The highest BCUT2D eigenvalue weighted by Crippen LogP contribution is 2.03. The van der Waals surface area contributed by atoms with E-state index in [0.29, 0.717) is 23.6 Å². The normalized spacial score (nSPS) is 11.8. The molecule has 0 radical (unpaired) electrons. The number of amides is 2.